The Balaban J connectivity index is 1.66. The minimum absolute atomic E-state index is 0.0429. The Hall–Kier alpha value is -3.56. The molecule has 10 nitrogen and oxygen atoms in total. The van der Waals surface area contributed by atoms with Crippen molar-refractivity contribution in [2.24, 2.45) is 7.05 Å². The second-order valence-electron chi connectivity index (χ2n) is 4.94. The summed E-state index contributed by atoms with van der Waals surface area (Å²) in [5.41, 5.74) is 1.03. The second kappa shape index (κ2) is 6.91. The van der Waals surface area contributed by atoms with Crippen molar-refractivity contribution in [2.45, 2.75) is 0 Å². The zero-order valence-electron chi connectivity index (χ0n) is 13.8. The highest BCUT2D eigenvalue weighted by molar-refractivity contribution is 5.98. The van der Waals surface area contributed by atoms with E-state index in [2.05, 4.69) is 25.9 Å². The Labute approximate surface area is 142 Å². The molecule has 2 heterocycles. The number of amides is 2. The van der Waals surface area contributed by atoms with Gasteiger partial charge in [-0.3, -0.25) is 10.00 Å². The summed E-state index contributed by atoms with van der Waals surface area (Å²) in [7, 11) is 4.82. The van der Waals surface area contributed by atoms with E-state index in [4.69, 9.17) is 13.9 Å². The molecule has 10 heteroatoms. The summed E-state index contributed by atoms with van der Waals surface area (Å²) < 4.78 is 17.3. The molecule has 0 bridgehead atoms. The number of nitrogens with zero attached hydrogens (tertiary/aromatic N) is 4. The third kappa shape index (κ3) is 3.68. The first kappa shape index (κ1) is 16.3. The van der Waals surface area contributed by atoms with Crippen LogP contribution in [0.5, 0.6) is 11.5 Å². The van der Waals surface area contributed by atoms with Gasteiger partial charge in [0.05, 0.1) is 14.2 Å². The second-order valence-corrected chi connectivity index (χ2v) is 4.94. The number of nitrogens with one attached hydrogen (secondary N) is 2. The van der Waals surface area contributed by atoms with Gasteiger partial charge >= 0.3 is 12.0 Å². The van der Waals surface area contributed by atoms with Crippen LogP contribution in [-0.2, 0) is 7.05 Å². The van der Waals surface area contributed by atoms with Gasteiger partial charge in [0, 0.05) is 25.0 Å². The van der Waals surface area contributed by atoms with Gasteiger partial charge in [0.15, 0.2) is 11.5 Å². The quantitative estimate of drug-likeness (QED) is 0.728. The van der Waals surface area contributed by atoms with E-state index in [0.29, 0.717) is 22.9 Å². The Kier molecular flexibility index (Phi) is 4.50. The summed E-state index contributed by atoms with van der Waals surface area (Å²) >= 11 is 0. The molecule has 3 rings (SSSR count). The Morgan fingerprint density at radius 1 is 1.12 bits per heavy atom. The number of hydrogen-bond acceptors (Lipinski definition) is 7. The van der Waals surface area contributed by atoms with Gasteiger partial charge in [-0.25, -0.2) is 4.79 Å². The maximum atomic E-state index is 12.0. The number of rotatable bonds is 5. The molecule has 0 unspecified atom stereocenters. The van der Waals surface area contributed by atoms with Crippen LogP contribution in [0.1, 0.15) is 0 Å². The first-order valence-corrected chi connectivity index (χ1v) is 7.22. The van der Waals surface area contributed by atoms with Crippen LogP contribution < -0.4 is 20.1 Å². The van der Waals surface area contributed by atoms with Gasteiger partial charge in [-0.05, 0) is 18.2 Å². The molecular weight excluding hydrogens is 328 g/mol. The van der Waals surface area contributed by atoms with Crippen molar-refractivity contribution in [3.63, 3.8) is 0 Å². The van der Waals surface area contributed by atoms with Crippen LogP contribution in [0.4, 0.5) is 16.5 Å². The molecule has 2 aromatic heterocycles. The van der Waals surface area contributed by atoms with E-state index in [0.717, 1.165) is 0 Å². The Bertz CT molecular complexity index is 888. The molecule has 0 aliphatic heterocycles. The number of hydrogen-bond donors (Lipinski definition) is 2. The number of aryl methyl sites for hydroxylation is 1. The number of aromatic nitrogens is 4. The monoisotopic (exact) mass is 344 g/mol. The molecule has 0 atom stereocenters. The molecule has 2 amide bonds. The number of carbonyl (C=O) groups is 1. The average molecular weight is 344 g/mol. The smallest absolute Gasteiger partial charge is 0.327 e. The van der Waals surface area contributed by atoms with Crippen LogP contribution in [0.2, 0.25) is 0 Å². The number of ether oxygens (including phenoxy) is 2. The van der Waals surface area contributed by atoms with Crippen molar-refractivity contribution in [3.8, 4) is 23.1 Å². The van der Waals surface area contributed by atoms with Crippen molar-refractivity contribution >= 4 is 17.7 Å². The van der Waals surface area contributed by atoms with Crippen LogP contribution in [0.3, 0.4) is 0 Å². The standard InChI is InChI=1S/C15H16N6O4/c1-21-7-6-10(20-21)13-18-19-15(25-13)17-14(22)16-9-4-5-11(23-2)12(8-9)24-3/h4-8H,1-3H3,(H2,16,17,19,22). The van der Waals surface area contributed by atoms with Crippen LogP contribution >= 0.6 is 0 Å². The zero-order chi connectivity index (χ0) is 17.8. The lowest BCUT2D eigenvalue weighted by Gasteiger charge is -2.10. The molecule has 2 N–H and O–H groups in total. The Morgan fingerprint density at radius 3 is 2.60 bits per heavy atom. The minimum atomic E-state index is -0.538. The van der Waals surface area contributed by atoms with Crippen LogP contribution in [0.15, 0.2) is 34.9 Å². The topological polar surface area (TPSA) is 116 Å². The van der Waals surface area contributed by atoms with Crippen molar-refractivity contribution in [1.82, 2.24) is 20.0 Å². The molecule has 130 valence electrons. The van der Waals surface area contributed by atoms with Crippen molar-refractivity contribution in [1.29, 1.82) is 0 Å². The van der Waals surface area contributed by atoms with Crippen LogP contribution in [-0.4, -0.2) is 40.2 Å². The fourth-order valence-corrected chi connectivity index (χ4v) is 2.08. The van der Waals surface area contributed by atoms with E-state index in [9.17, 15) is 4.79 Å². The molecule has 0 radical (unpaired) electrons. The lowest BCUT2D eigenvalue weighted by molar-refractivity contribution is 0.261. The largest absolute Gasteiger partial charge is 0.493 e. The molecule has 0 spiro atoms. The van der Waals surface area contributed by atoms with Crippen molar-refractivity contribution in [2.75, 3.05) is 24.9 Å². The SMILES string of the molecule is COc1ccc(NC(=O)Nc2nnc(-c3ccn(C)n3)o2)cc1OC. The van der Waals surface area contributed by atoms with Gasteiger partial charge in [-0.15, -0.1) is 5.10 Å². The summed E-state index contributed by atoms with van der Waals surface area (Å²) in [6.45, 7) is 0. The summed E-state index contributed by atoms with van der Waals surface area (Å²) in [5, 5.41) is 16.8. The number of carbonyl (C=O) groups excluding carboxylic acids is 1. The maximum Gasteiger partial charge on any atom is 0.327 e. The average Bonchev–Trinajstić information content (AvgIpc) is 3.23. The molecule has 3 aromatic rings. The number of anilines is 2. The van der Waals surface area contributed by atoms with Gasteiger partial charge < -0.3 is 19.2 Å². The van der Waals surface area contributed by atoms with Crippen molar-refractivity contribution < 1.29 is 18.7 Å². The maximum absolute atomic E-state index is 12.0. The van der Waals surface area contributed by atoms with Crippen LogP contribution in [0, 0.1) is 0 Å². The molecule has 0 saturated carbocycles. The Morgan fingerprint density at radius 2 is 1.92 bits per heavy atom. The van der Waals surface area contributed by atoms with E-state index in [1.165, 1.54) is 14.2 Å². The number of benzene rings is 1. The normalized spacial score (nSPS) is 10.4. The lowest BCUT2D eigenvalue weighted by Crippen LogP contribution is -2.19. The fourth-order valence-electron chi connectivity index (χ4n) is 2.08. The van der Waals surface area contributed by atoms with E-state index in [-0.39, 0.29) is 11.9 Å². The lowest BCUT2D eigenvalue weighted by atomic mass is 10.3. The molecule has 0 aliphatic rings. The third-order valence-corrected chi connectivity index (χ3v) is 3.22. The summed E-state index contributed by atoms with van der Waals surface area (Å²) in [6, 6.07) is 6.13. The fraction of sp³-hybridized carbons (Fsp3) is 0.200. The predicted molar refractivity (Wildman–Crippen MR) is 88.7 cm³/mol. The third-order valence-electron chi connectivity index (χ3n) is 3.22. The van der Waals surface area contributed by atoms with Crippen molar-refractivity contribution in [3.05, 3.63) is 30.5 Å². The van der Waals surface area contributed by atoms with Gasteiger partial charge in [-0.2, -0.15) is 5.10 Å². The van der Waals surface area contributed by atoms with E-state index in [1.807, 2.05) is 0 Å². The molecule has 0 fully saturated rings. The first-order valence-electron chi connectivity index (χ1n) is 7.22. The molecular formula is C15H16N6O4. The van der Waals surface area contributed by atoms with Crippen LogP contribution in [0.25, 0.3) is 11.6 Å². The molecule has 25 heavy (non-hydrogen) atoms. The summed E-state index contributed by atoms with van der Waals surface area (Å²) in [6.07, 6.45) is 1.75. The predicted octanol–water partition coefficient (Wildman–Crippen LogP) is 2.13. The highest BCUT2D eigenvalue weighted by Gasteiger charge is 2.14. The van der Waals surface area contributed by atoms with Gasteiger partial charge in [-0.1, -0.05) is 5.10 Å². The van der Waals surface area contributed by atoms with E-state index >= 15 is 0 Å². The molecule has 1 aromatic carbocycles. The van der Waals surface area contributed by atoms with E-state index < -0.39 is 6.03 Å². The minimum Gasteiger partial charge on any atom is -0.493 e. The number of urea groups is 1. The summed E-state index contributed by atoms with van der Waals surface area (Å²) in [5.74, 6) is 1.27. The van der Waals surface area contributed by atoms with Gasteiger partial charge in [0.2, 0.25) is 0 Å². The van der Waals surface area contributed by atoms with Gasteiger partial charge in [0.25, 0.3) is 5.89 Å². The highest BCUT2D eigenvalue weighted by Crippen LogP contribution is 2.29. The van der Waals surface area contributed by atoms with E-state index in [1.54, 1.807) is 42.2 Å². The number of methoxy groups -OCH3 is 2. The highest BCUT2D eigenvalue weighted by atomic mass is 16.5. The first-order chi connectivity index (χ1) is 12.1. The zero-order valence-corrected chi connectivity index (χ0v) is 13.8. The summed E-state index contributed by atoms with van der Waals surface area (Å²) in [4.78, 5) is 12.0. The van der Waals surface area contributed by atoms with Gasteiger partial charge in [0.1, 0.15) is 5.69 Å². The molecule has 0 saturated heterocycles. The molecule has 0 aliphatic carbocycles.